The summed E-state index contributed by atoms with van der Waals surface area (Å²) in [6.45, 7) is 0. The first-order chi connectivity index (χ1) is 11.6. The smallest absolute Gasteiger partial charge is 0.316 e. The van der Waals surface area contributed by atoms with E-state index in [2.05, 4.69) is 0 Å². The van der Waals surface area contributed by atoms with Crippen LogP contribution in [0.5, 0.6) is 0 Å². The van der Waals surface area contributed by atoms with Gasteiger partial charge in [-0.15, -0.1) is 0 Å². The van der Waals surface area contributed by atoms with Crippen LogP contribution in [0.1, 0.15) is 5.56 Å². The number of amides is 2. The van der Waals surface area contributed by atoms with Crippen molar-refractivity contribution < 1.29 is 31.5 Å². The van der Waals surface area contributed by atoms with Gasteiger partial charge in [0.05, 0.1) is 22.0 Å². The van der Waals surface area contributed by atoms with Gasteiger partial charge in [-0.2, -0.15) is 13.2 Å². The molecule has 0 radical (unpaired) electrons. The highest BCUT2D eigenvalue weighted by Gasteiger charge is 2.31. The zero-order valence-corrected chi connectivity index (χ0v) is 12.8. The molecule has 2 aromatic carbocycles. The number of carbonyl (C=O) groups excluding carboxylic acids is 2. The van der Waals surface area contributed by atoms with E-state index in [0.29, 0.717) is 18.2 Å². The Bertz CT molecular complexity index is 839. The van der Waals surface area contributed by atoms with Crippen molar-refractivity contribution in [1.29, 1.82) is 0 Å². The lowest BCUT2D eigenvalue weighted by molar-refractivity contribution is -0.137. The number of hydrogen-bond donors (Lipinski definition) is 2. The van der Waals surface area contributed by atoms with Crippen LogP contribution in [0.25, 0.3) is 0 Å². The first kappa shape index (κ1) is 18.7. The molecule has 2 rings (SSSR count). The molecule has 25 heavy (non-hydrogen) atoms. The molecule has 0 bridgehead atoms. The van der Waals surface area contributed by atoms with Crippen molar-refractivity contribution in [2.75, 3.05) is 10.6 Å². The van der Waals surface area contributed by atoms with E-state index < -0.39 is 46.6 Å². The van der Waals surface area contributed by atoms with Crippen LogP contribution in [0.4, 0.5) is 33.3 Å². The Morgan fingerprint density at radius 2 is 1.48 bits per heavy atom. The summed E-state index contributed by atoms with van der Waals surface area (Å²) in [7, 11) is 0. The fraction of sp³-hybridized carbons (Fsp3) is 0.0667. The number of carbonyl (C=O) groups is 2. The van der Waals surface area contributed by atoms with Crippen LogP contribution in [0.2, 0.25) is 5.02 Å². The van der Waals surface area contributed by atoms with E-state index in [1.54, 1.807) is 0 Å². The molecule has 132 valence electrons. The summed E-state index contributed by atoms with van der Waals surface area (Å²) in [5, 5.41) is 3.52. The van der Waals surface area contributed by atoms with Gasteiger partial charge in [-0.1, -0.05) is 11.6 Å². The number of halogens is 6. The molecule has 0 heterocycles. The molecular weight excluding hydrogens is 371 g/mol. The molecule has 0 aliphatic heterocycles. The van der Waals surface area contributed by atoms with Crippen molar-refractivity contribution in [2.24, 2.45) is 0 Å². The molecule has 0 aliphatic carbocycles. The molecule has 2 amide bonds. The minimum Gasteiger partial charge on any atom is -0.316 e. The first-order valence-corrected chi connectivity index (χ1v) is 6.90. The van der Waals surface area contributed by atoms with Crippen molar-refractivity contribution in [2.45, 2.75) is 6.18 Å². The Morgan fingerprint density at radius 3 is 2.04 bits per heavy atom. The van der Waals surface area contributed by atoms with Crippen molar-refractivity contribution >= 4 is 34.8 Å². The van der Waals surface area contributed by atoms with Crippen LogP contribution in [-0.4, -0.2) is 11.8 Å². The fourth-order valence-electron chi connectivity index (χ4n) is 1.75. The number of rotatable bonds is 2. The van der Waals surface area contributed by atoms with Gasteiger partial charge in [-0.05, 0) is 30.3 Å². The molecule has 0 aliphatic rings. The number of nitrogens with one attached hydrogen (secondary N) is 2. The second-order valence-electron chi connectivity index (χ2n) is 4.72. The van der Waals surface area contributed by atoms with Gasteiger partial charge in [0.1, 0.15) is 11.6 Å². The lowest BCUT2D eigenvalue weighted by Crippen LogP contribution is -2.29. The molecule has 0 fully saturated rings. The molecule has 0 saturated carbocycles. The molecule has 0 unspecified atom stereocenters. The average Bonchev–Trinajstić information content (AvgIpc) is 2.50. The largest absolute Gasteiger partial charge is 0.416 e. The molecule has 0 aromatic heterocycles. The monoisotopic (exact) mass is 378 g/mol. The maximum Gasteiger partial charge on any atom is 0.416 e. The Morgan fingerprint density at radius 1 is 0.880 bits per heavy atom. The first-order valence-electron chi connectivity index (χ1n) is 6.52. The van der Waals surface area contributed by atoms with Gasteiger partial charge in [-0.3, -0.25) is 9.59 Å². The molecule has 0 saturated heterocycles. The number of alkyl halides is 3. The van der Waals surface area contributed by atoms with E-state index in [-0.39, 0.29) is 5.02 Å². The maximum absolute atomic E-state index is 13.4. The van der Waals surface area contributed by atoms with Gasteiger partial charge in [0, 0.05) is 6.07 Å². The van der Waals surface area contributed by atoms with E-state index in [1.807, 2.05) is 10.6 Å². The van der Waals surface area contributed by atoms with E-state index in [0.717, 1.165) is 18.2 Å². The number of anilines is 2. The molecule has 0 spiro atoms. The van der Waals surface area contributed by atoms with Crippen molar-refractivity contribution in [1.82, 2.24) is 0 Å². The standard InChI is InChI=1S/C15H8ClF5N2O2/c16-9-3-1-7(15(19,20)21)5-12(9)23-14(25)13(24)22-11-4-2-8(17)6-10(11)18/h1-6H,(H,22,24)(H,23,25). The van der Waals surface area contributed by atoms with Crippen LogP contribution in [-0.2, 0) is 15.8 Å². The normalized spacial score (nSPS) is 11.1. The number of benzene rings is 2. The summed E-state index contributed by atoms with van der Waals surface area (Å²) in [5.41, 5.74) is -2.01. The SMILES string of the molecule is O=C(Nc1ccc(F)cc1F)C(=O)Nc1cc(C(F)(F)F)ccc1Cl. The zero-order chi connectivity index (χ0) is 18.8. The van der Waals surface area contributed by atoms with Crippen LogP contribution in [0.3, 0.4) is 0 Å². The molecule has 10 heteroatoms. The fourth-order valence-corrected chi connectivity index (χ4v) is 1.91. The van der Waals surface area contributed by atoms with E-state index >= 15 is 0 Å². The highest BCUT2D eigenvalue weighted by atomic mass is 35.5. The van der Waals surface area contributed by atoms with Crippen LogP contribution in [0, 0.1) is 11.6 Å². The summed E-state index contributed by atoms with van der Waals surface area (Å²) in [6, 6.07) is 4.36. The summed E-state index contributed by atoms with van der Waals surface area (Å²) >= 11 is 5.68. The Labute approximate surface area is 142 Å². The van der Waals surface area contributed by atoms with Gasteiger partial charge in [-0.25, -0.2) is 8.78 Å². The van der Waals surface area contributed by atoms with Crippen molar-refractivity contribution in [3.05, 3.63) is 58.6 Å². The van der Waals surface area contributed by atoms with Crippen molar-refractivity contribution in [3.8, 4) is 0 Å². The summed E-state index contributed by atoms with van der Waals surface area (Å²) in [4.78, 5) is 23.4. The van der Waals surface area contributed by atoms with Gasteiger partial charge < -0.3 is 10.6 Å². The average molecular weight is 379 g/mol. The summed E-state index contributed by atoms with van der Waals surface area (Å²) in [5.74, 6) is -4.78. The van der Waals surface area contributed by atoms with Gasteiger partial charge >= 0.3 is 18.0 Å². The zero-order valence-electron chi connectivity index (χ0n) is 12.0. The predicted molar refractivity (Wildman–Crippen MR) is 80.1 cm³/mol. The Hall–Kier alpha value is -2.68. The van der Waals surface area contributed by atoms with Crippen LogP contribution < -0.4 is 10.6 Å². The lowest BCUT2D eigenvalue weighted by atomic mass is 10.2. The van der Waals surface area contributed by atoms with Crippen LogP contribution >= 0.6 is 11.6 Å². The van der Waals surface area contributed by atoms with Gasteiger partial charge in [0.2, 0.25) is 0 Å². The third-order valence-corrected chi connectivity index (χ3v) is 3.26. The maximum atomic E-state index is 13.4. The van der Waals surface area contributed by atoms with Crippen molar-refractivity contribution in [3.63, 3.8) is 0 Å². The predicted octanol–water partition coefficient (Wildman–Crippen LogP) is 4.21. The number of hydrogen-bond acceptors (Lipinski definition) is 2. The van der Waals surface area contributed by atoms with Gasteiger partial charge in [0.25, 0.3) is 0 Å². The van der Waals surface area contributed by atoms with E-state index in [1.165, 1.54) is 0 Å². The minimum atomic E-state index is -4.68. The highest BCUT2D eigenvalue weighted by Crippen LogP contribution is 2.33. The third-order valence-electron chi connectivity index (χ3n) is 2.93. The highest BCUT2D eigenvalue weighted by molar-refractivity contribution is 6.44. The molecule has 4 nitrogen and oxygen atoms in total. The quantitative estimate of drug-likeness (QED) is 0.607. The topological polar surface area (TPSA) is 58.2 Å². The minimum absolute atomic E-state index is 0.234. The Balaban J connectivity index is 2.15. The van der Waals surface area contributed by atoms with Gasteiger partial charge in [0.15, 0.2) is 0 Å². The second kappa shape index (κ2) is 7.06. The second-order valence-corrected chi connectivity index (χ2v) is 5.13. The molecular formula is C15H8ClF5N2O2. The molecule has 2 aromatic rings. The summed E-state index contributed by atoms with van der Waals surface area (Å²) < 4.78 is 64.1. The molecule has 0 atom stereocenters. The lowest BCUT2D eigenvalue weighted by Gasteiger charge is -2.12. The van der Waals surface area contributed by atoms with E-state index in [9.17, 15) is 31.5 Å². The Kier molecular flexibility index (Phi) is 5.27. The third kappa shape index (κ3) is 4.66. The van der Waals surface area contributed by atoms with E-state index in [4.69, 9.17) is 11.6 Å². The van der Waals surface area contributed by atoms with Crippen LogP contribution in [0.15, 0.2) is 36.4 Å². The summed E-state index contributed by atoms with van der Waals surface area (Å²) in [6.07, 6.45) is -4.68. The molecule has 2 N–H and O–H groups in total.